The predicted octanol–water partition coefficient (Wildman–Crippen LogP) is 4.70. The average molecular weight is 495 g/mol. The van der Waals surface area contributed by atoms with Crippen molar-refractivity contribution in [3.05, 3.63) is 47.0 Å². The zero-order chi connectivity index (χ0) is 25.5. The van der Waals surface area contributed by atoms with E-state index in [1.165, 1.54) is 37.0 Å². The number of carbonyl (C=O) groups is 2. The molecule has 6 atom stereocenters. The van der Waals surface area contributed by atoms with Gasteiger partial charge in [-0.25, -0.2) is 4.79 Å². The highest BCUT2D eigenvalue weighted by Gasteiger charge is 2.58. The van der Waals surface area contributed by atoms with Gasteiger partial charge in [-0.15, -0.1) is 0 Å². The van der Waals surface area contributed by atoms with Gasteiger partial charge >= 0.3 is 5.97 Å². The lowest BCUT2D eigenvalue weighted by Crippen LogP contribution is -2.51. The Labute approximate surface area is 213 Å². The third-order valence-electron chi connectivity index (χ3n) is 10.00. The third kappa shape index (κ3) is 4.47. The monoisotopic (exact) mass is 494 g/mol. The molecule has 7 nitrogen and oxygen atoms in total. The molecule has 1 aromatic carbocycles. The average Bonchev–Trinajstić information content (AvgIpc) is 3.17. The van der Waals surface area contributed by atoms with E-state index in [1.807, 2.05) is 0 Å². The maximum absolute atomic E-state index is 12.2. The molecule has 3 fully saturated rings. The van der Waals surface area contributed by atoms with Gasteiger partial charge in [0.05, 0.1) is 17.4 Å². The first-order valence-electron chi connectivity index (χ1n) is 13.4. The van der Waals surface area contributed by atoms with Crippen LogP contribution in [0, 0.1) is 28.6 Å². The fourth-order valence-corrected chi connectivity index (χ4v) is 7.81. The Balaban J connectivity index is 1.15. The van der Waals surface area contributed by atoms with Crippen molar-refractivity contribution < 1.29 is 24.6 Å². The molecule has 4 aliphatic rings. The molecular formula is C29H38N2O5. The van der Waals surface area contributed by atoms with Gasteiger partial charge in [0.1, 0.15) is 0 Å². The molecule has 0 spiro atoms. The highest BCUT2D eigenvalue weighted by atomic mass is 16.6. The number of nitrogens with one attached hydrogen (secondary N) is 1. The van der Waals surface area contributed by atoms with Crippen LogP contribution in [-0.4, -0.2) is 40.5 Å². The Hall–Kier alpha value is -2.67. The molecule has 0 heterocycles. The highest BCUT2D eigenvalue weighted by molar-refractivity contribution is 5.96. The maximum atomic E-state index is 12.2. The summed E-state index contributed by atoms with van der Waals surface area (Å²) in [6, 6.07) is 6.42. The minimum absolute atomic E-state index is 0.108. The molecule has 3 N–H and O–H groups in total. The normalized spacial score (nSPS) is 36.3. The standard InChI is InChI=1S/C29H38N2O5/c1-28-13-11-21(31-36-17-26(33)30-16-18-3-5-19(6-4-18)27(34)35)15-20(28)7-8-22-23-9-10-25(32)29(23,2)14-12-24(22)28/h3-6,15,22-25,32H,7-14,16-17H2,1-2H3,(H,30,33)(H,34,35)/b31-21-/t22-,23-,24-,25+,28-,29-/m0/s1. The molecule has 1 aromatic rings. The second kappa shape index (κ2) is 9.66. The van der Waals surface area contributed by atoms with Gasteiger partial charge in [0, 0.05) is 6.54 Å². The quantitative estimate of drug-likeness (QED) is 0.497. The zero-order valence-corrected chi connectivity index (χ0v) is 21.3. The summed E-state index contributed by atoms with van der Waals surface area (Å²) in [7, 11) is 0. The van der Waals surface area contributed by atoms with Crippen molar-refractivity contribution in [3.8, 4) is 0 Å². The smallest absolute Gasteiger partial charge is 0.335 e. The number of hydrogen-bond donors (Lipinski definition) is 3. The van der Waals surface area contributed by atoms with Crippen LogP contribution in [0.25, 0.3) is 0 Å². The summed E-state index contributed by atoms with van der Waals surface area (Å²) in [5.74, 6) is 0.802. The summed E-state index contributed by atoms with van der Waals surface area (Å²) in [6.07, 6.45) is 10.7. The first-order chi connectivity index (χ1) is 17.2. The van der Waals surface area contributed by atoms with E-state index < -0.39 is 5.97 Å². The van der Waals surface area contributed by atoms with E-state index in [2.05, 4.69) is 30.4 Å². The number of fused-ring (bicyclic) bond motifs is 5. The van der Waals surface area contributed by atoms with E-state index in [1.54, 1.807) is 12.1 Å². The Morgan fingerprint density at radius 2 is 1.83 bits per heavy atom. The number of aliphatic hydroxyl groups is 1. The third-order valence-corrected chi connectivity index (χ3v) is 10.00. The molecule has 0 bridgehead atoms. The number of carboxylic acid groups (broad SMARTS) is 1. The molecule has 194 valence electrons. The lowest BCUT2D eigenvalue weighted by Gasteiger charge is -2.57. The van der Waals surface area contributed by atoms with Crippen LogP contribution in [0.5, 0.6) is 0 Å². The SMILES string of the molecule is C[C@]12CC[C@H]3[C@@H](CCC4=C/C(=N\OCC(=O)NCc5ccc(C(=O)O)cc5)CC[C@@]43C)[C@@H]1CC[C@H]2O. The van der Waals surface area contributed by atoms with E-state index in [4.69, 9.17) is 9.94 Å². The summed E-state index contributed by atoms with van der Waals surface area (Å²) in [5.41, 5.74) is 3.74. The highest BCUT2D eigenvalue weighted by Crippen LogP contribution is 2.65. The largest absolute Gasteiger partial charge is 0.478 e. The molecule has 36 heavy (non-hydrogen) atoms. The summed E-state index contributed by atoms with van der Waals surface area (Å²) in [5, 5.41) is 26.7. The van der Waals surface area contributed by atoms with E-state index in [-0.39, 0.29) is 35.0 Å². The minimum atomic E-state index is -0.973. The molecule has 4 aliphatic carbocycles. The molecule has 0 aliphatic heterocycles. The van der Waals surface area contributed by atoms with Crippen LogP contribution in [0.3, 0.4) is 0 Å². The first kappa shape index (κ1) is 25.0. The number of aliphatic hydroxyl groups excluding tert-OH is 1. The number of rotatable bonds is 6. The molecule has 0 unspecified atom stereocenters. The van der Waals surface area contributed by atoms with Gasteiger partial charge in [-0.3, -0.25) is 4.79 Å². The molecule has 0 saturated heterocycles. The second-order valence-corrected chi connectivity index (χ2v) is 11.8. The summed E-state index contributed by atoms with van der Waals surface area (Å²) in [4.78, 5) is 28.5. The van der Waals surface area contributed by atoms with Crippen LogP contribution in [0.4, 0.5) is 0 Å². The minimum Gasteiger partial charge on any atom is -0.478 e. The van der Waals surface area contributed by atoms with Gasteiger partial charge in [-0.1, -0.05) is 36.7 Å². The summed E-state index contributed by atoms with van der Waals surface area (Å²) < 4.78 is 0. The van der Waals surface area contributed by atoms with E-state index in [0.29, 0.717) is 24.3 Å². The van der Waals surface area contributed by atoms with Crippen molar-refractivity contribution in [3.63, 3.8) is 0 Å². The van der Waals surface area contributed by atoms with Gasteiger partial charge in [0.15, 0.2) is 6.61 Å². The topological polar surface area (TPSA) is 108 Å². The van der Waals surface area contributed by atoms with Crippen LogP contribution in [0.1, 0.15) is 81.1 Å². The fraction of sp³-hybridized carbons (Fsp3) is 0.621. The Morgan fingerprint density at radius 1 is 1.06 bits per heavy atom. The zero-order valence-electron chi connectivity index (χ0n) is 21.3. The van der Waals surface area contributed by atoms with E-state index in [9.17, 15) is 14.7 Å². The van der Waals surface area contributed by atoms with Crippen LogP contribution in [0.2, 0.25) is 0 Å². The molecular weight excluding hydrogens is 456 g/mol. The van der Waals surface area contributed by atoms with Crippen molar-refractivity contribution in [2.75, 3.05) is 6.61 Å². The van der Waals surface area contributed by atoms with Crippen molar-refractivity contribution in [2.24, 2.45) is 33.7 Å². The van der Waals surface area contributed by atoms with E-state index in [0.717, 1.165) is 43.4 Å². The first-order valence-corrected chi connectivity index (χ1v) is 13.4. The van der Waals surface area contributed by atoms with E-state index >= 15 is 0 Å². The Kier molecular flexibility index (Phi) is 6.70. The summed E-state index contributed by atoms with van der Waals surface area (Å²) in [6.45, 7) is 4.93. The van der Waals surface area contributed by atoms with Crippen molar-refractivity contribution in [1.29, 1.82) is 0 Å². The maximum Gasteiger partial charge on any atom is 0.335 e. The van der Waals surface area contributed by atoms with Crippen molar-refractivity contribution >= 4 is 17.6 Å². The molecule has 5 rings (SSSR count). The number of carboxylic acids is 1. The van der Waals surface area contributed by atoms with Crippen LogP contribution in [0.15, 0.2) is 41.1 Å². The summed E-state index contributed by atoms with van der Waals surface area (Å²) >= 11 is 0. The number of allylic oxidation sites excluding steroid dienone is 2. The number of benzene rings is 1. The van der Waals surface area contributed by atoms with Gasteiger partial charge in [-0.2, -0.15) is 0 Å². The predicted molar refractivity (Wildman–Crippen MR) is 136 cm³/mol. The van der Waals surface area contributed by atoms with Crippen LogP contribution in [-0.2, 0) is 16.2 Å². The second-order valence-electron chi connectivity index (χ2n) is 11.8. The van der Waals surface area contributed by atoms with Gasteiger partial charge in [0.2, 0.25) is 0 Å². The number of carbonyl (C=O) groups excluding carboxylic acids is 1. The molecule has 0 radical (unpaired) electrons. The number of aromatic carboxylic acids is 1. The number of nitrogens with zero attached hydrogens (tertiary/aromatic N) is 1. The molecule has 1 amide bonds. The number of hydrogen-bond acceptors (Lipinski definition) is 5. The Morgan fingerprint density at radius 3 is 2.58 bits per heavy atom. The van der Waals surface area contributed by atoms with Gasteiger partial charge in [-0.05, 0) is 104 Å². The molecule has 0 aromatic heterocycles. The van der Waals surface area contributed by atoms with Gasteiger partial charge in [0.25, 0.3) is 5.91 Å². The fourth-order valence-electron chi connectivity index (χ4n) is 7.81. The van der Waals surface area contributed by atoms with Crippen molar-refractivity contribution in [2.45, 2.75) is 77.9 Å². The lowest BCUT2D eigenvalue weighted by atomic mass is 9.47. The van der Waals surface area contributed by atoms with Crippen LogP contribution >= 0.6 is 0 Å². The van der Waals surface area contributed by atoms with Crippen molar-refractivity contribution in [1.82, 2.24) is 5.32 Å². The molecule has 3 saturated carbocycles. The Bertz CT molecular complexity index is 1080. The lowest BCUT2D eigenvalue weighted by molar-refractivity contribution is -0.125. The number of oxime groups is 1. The van der Waals surface area contributed by atoms with Crippen LogP contribution < -0.4 is 5.32 Å². The van der Waals surface area contributed by atoms with Gasteiger partial charge < -0.3 is 20.4 Å². The molecule has 7 heteroatoms. The number of amides is 1.